The van der Waals surface area contributed by atoms with E-state index in [2.05, 4.69) is 10.2 Å². The van der Waals surface area contributed by atoms with E-state index in [-0.39, 0.29) is 0 Å². The third-order valence-corrected chi connectivity index (χ3v) is 1.90. The van der Waals surface area contributed by atoms with Crippen LogP contribution in [-0.2, 0) is 4.74 Å². The molecule has 0 aromatic carbocycles. The van der Waals surface area contributed by atoms with E-state index in [1.807, 2.05) is 0 Å². The highest BCUT2D eigenvalue weighted by molar-refractivity contribution is 4.67. The van der Waals surface area contributed by atoms with Gasteiger partial charge in [0.25, 0.3) is 0 Å². The average molecular weight is 160 g/mol. The third-order valence-electron chi connectivity index (χ3n) is 1.90. The Labute approximate surface area is 67.1 Å². The molecule has 0 bridgehead atoms. The SMILES string of the molecule is CO[C@H](O)CN1CCNCC1. The van der Waals surface area contributed by atoms with E-state index < -0.39 is 6.29 Å². The number of aliphatic hydroxyl groups excluding tert-OH is 1. The van der Waals surface area contributed by atoms with Gasteiger partial charge in [0.05, 0.1) is 0 Å². The Hall–Kier alpha value is -0.160. The smallest absolute Gasteiger partial charge is 0.166 e. The predicted molar refractivity (Wildman–Crippen MR) is 42.3 cm³/mol. The second-order valence-electron chi connectivity index (χ2n) is 2.74. The molecule has 4 heteroatoms. The molecule has 0 aromatic rings. The Kier molecular flexibility index (Phi) is 3.79. The molecule has 0 radical (unpaired) electrons. The summed E-state index contributed by atoms with van der Waals surface area (Å²) < 4.78 is 4.75. The summed E-state index contributed by atoms with van der Waals surface area (Å²) in [5.41, 5.74) is 0. The number of hydrogen-bond acceptors (Lipinski definition) is 4. The van der Waals surface area contributed by atoms with Crippen LogP contribution < -0.4 is 5.32 Å². The van der Waals surface area contributed by atoms with Gasteiger partial charge in [-0.15, -0.1) is 0 Å². The molecule has 1 heterocycles. The number of ether oxygens (including phenoxy) is 1. The van der Waals surface area contributed by atoms with E-state index in [1.165, 1.54) is 7.11 Å². The molecule has 1 atom stereocenters. The van der Waals surface area contributed by atoms with Gasteiger partial charge in [-0.25, -0.2) is 0 Å². The lowest BCUT2D eigenvalue weighted by Gasteiger charge is -2.28. The van der Waals surface area contributed by atoms with Gasteiger partial charge in [0, 0.05) is 39.8 Å². The molecule has 11 heavy (non-hydrogen) atoms. The first kappa shape index (κ1) is 8.93. The maximum absolute atomic E-state index is 9.13. The maximum Gasteiger partial charge on any atom is 0.166 e. The number of nitrogens with one attached hydrogen (secondary N) is 1. The Balaban J connectivity index is 2.13. The first-order valence-electron chi connectivity index (χ1n) is 3.97. The van der Waals surface area contributed by atoms with E-state index in [0.29, 0.717) is 6.54 Å². The molecule has 4 nitrogen and oxygen atoms in total. The molecular formula is C7H16N2O2. The van der Waals surface area contributed by atoms with Gasteiger partial charge < -0.3 is 15.2 Å². The molecule has 66 valence electrons. The fourth-order valence-corrected chi connectivity index (χ4v) is 1.19. The van der Waals surface area contributed by atoms with E-state index in [4.69, 9.17) is 9.84 Å². The summed E-state index contributed by atoms with van der Waals surface area (Å²) in [5.74, 6) is 0. The van der Waals surface area contributed by atoms with Gasteiger partial charge in [0.15, 0.2) is 6.29 Å². The van der Waals surface area contributed by atoms with Crippen molar-refractivity contribution in [2.24, 2.45) is 0 Å². The minimum Gasteiger partial charge on any atom is -0.367 e. The summed E-state index contributed by atoms with van der Waals surface area (Å²) in [6, 6.07) is 0. The lowest BCUT2D eigenvalue weighted by Crippen LogP contribution is -2.46. The van der Waals surface area contributed by atoms with E-state index in [0.717, 1.165) is 26.2 Å². The zero-order chi connectivity index (χ0) is 8.10. The number of rotatable bonds is 3. The van der Waals surface area contributed by atoms with Gasteiger partial charge in [0.2, 0.25) is 0 Å². The van der Waals surface area contributed by atoms with E-state index in [1.54, 1.807) is 0 Å². The Bertz CT molecular complexity index is 105. The van der Waals surface area contributed by atoms with Crippen LogP contribution in [0.5, 0.6) is 0 Å². The van der Waals surface area contributed by atoms with Gasteiger partial charge >= 0.3 is 0 Å². The van der Waals surface area contributed by atoms with Crippen LogP contribution in [0.4, 0.5) is 0 Å². The van der Waals surface area contributed by atoms with Crippen LogP contribution in [0.2, 0.25) is 0 Å². The summed E-state index contributed by atoms with van der Waals surface area (Å²) in [7, 11) is 1.52. The first-order chi connectivity index (χ1) is 5.33. The summed E-state index contributed by atoms with van der Waals surface area (Å²) in [5, 5.41) is 12.4. The van der Waals surface area contributed by atoms with Crippen molar-refractivity contribution < 1.29 is 9.84 Å². The summed E-state index contributed by atoms with van der Waals surface area (Å²) >= 11 is 0. The fraction of sp³-hybridized carbons (Fsp3) is 1.00. The van der Waals surface area contributed by atoms with Crippen molar-refractivity contribution in [3.05, 3.63) is 0 Å². The van der Waals surface area contributed by atoms with Crippen LogP contribution in [0.15, 0.2) is 0 Å². The monoisotopic (exact) mass is 160 g/mol. The Morgan fingerprint density at radius 3 is 2.73 bits per heavy atom. The number of hydrogen-bond donors (Lipinski definition) is 2. The molecule has 1 aliphatic rings. The van der Waals surface area contributed by atoms with Crippen molar-refractivity contribution in [2.45, 2.75) is 6.29 Å². The quantitative estimate of drug-likeness (QED) is 0.512. The number of methoxy groups -OCH3 is 1. The van der Waals surface area contributed by atoms with Gasteiger partial charge in [-0.2, -0.15) is 0 Å². The van der Waals surface area contributed by atoms with E-state index in [9.17, 15) is 0 Å². The van der Waals surface area contributed by atoms with Crippen LogP contribution in [0.3, 0.4) is 0 Å². The normalized spacial score (nSPS) is 23.5. The first-order valence-corrected chi connectivity index (χ1v) is 3.97. The van der Waals surface area contributed by atoms with E-state index >= 15 is 0 Å². The summed E-state index contributed by atoms with van der Waals surface area (Å²) in [4.78, 5) is 2.19. The largest absolute Gasteiger partial charge is 0.367 e. The molecule has 1 fully saturated rings. The zero-order valence-electron chi connectivity index (χ0n) is 6.92. The van der Waals surface area contributed by atoms with Crippen LogP contribution in [-0.4, -0.2) is 56.1 Å². The lowest BCUT2D eigenvalue weighted by molar-refractivity contribution is -0.0915. The standard InChI is InChI=1S/C7H16N2O2/c1-11-7(10)6-9-4-2-8-3-5-9/h7-8,10H,2-6H2,1H3/t7-/m0/s1. The van der Waals surface area contributed by atoms with Crippen LogP contribution in [0, 0.1) is 0 Å². The number of nitrogens with zero attached hydrogens (tertiary/aromatic N) is 1. The summed E-state index contributed by atoms with van der Waals surface area (Å²) in [6.45, 7) is 4.64. The van der Waals surface area contributed by atoms with Gasteiger partial charge in [-0.05, 0) is 0 Å². The Morgan fingerprint density at radius 1 is 1.55 bits per heavy atom. The van der Waals surface area contributed by atoms with Crippen LogP contribution in [0.25, 0.3) is 0 Å². The molecule has 0 amide bonds. The molecule has 0 aliphatic carbocycles. The predicted octanol–water partition coefficient (Wildman–Crippen LogP) is -1.14. The third kappa shape index (κ3) is 3.16. The molecule has 1 rings (SSSR count). The highest BCUT2D eigenvalue weighted by Gasteiger charge is 2.12. The number of aliphatic hydroxyl groups is 1. The molecule has 0 unspecified atom stereocenters. The van der Waals surface area contributed by atoms with Gasteiger partial charge in [0.1, 0.15) is 0 Å². The van der Waals surface area contributed by atoms with Crippen molar-refractivity contribution in [3.8, 4) is 0 Å². The molecule has 2 N–H and O–H groups in total. The molecule has 0 aromatic heterocycles. The lowest BCUT2D eigenvalue weighted by atomic mass is 10.3. The second-order valence-corrected chi connectivity index (χ2v) is 2.74. The van der Waals surface area contributed by atoms with Crippen molar-refractivity contribution in [1.29, 1.82) is 0 Å². The van der Waals surface area contributed by atoms with Crippen LogP contribution in [0.1, 0.15) is 0 Å². The molecule has 0 spiro atoms. The summed E-state index contributed by atoms with van der Waals surface area (Å²) in [6.07, 6.45) is -0.631. The molecular weight excluding hydrogens is 144 g/mol. The topological polar surface area (TPSA) is 44.7 Å². The van der Waals surface area contributed by atoms with Gasteiger partial charge in [-0.3, -0.25) is 4.90 Å². The molecule has 1 saturated heterocycles. The van der Waals surface area contributed by atoms with Gasteiger partial charge in [-0.1, -0.05) is 0 Å². The van der Waals surface area contributed by atoms with Crippen molar-refractivity contribution >= 4 is 0 Å². The highest BCUT2D eigenvalue weighted by atomic mass is 16.6. The number of β-amino-alcohol motifs (C(OH)–C–C–N with tert-alkyl or cyclic N) is 1. The van der Waals surface area contributed by atoms with Crippen molar-refractivity contribution in [2.75, 3.05) is 39.8 Å². The minimum absolute atomic E-state index is 0.623. The van der Waals surface area contributed by atoms with Crippen molar-refractivity contribution in [1.82, 2.24) is 10.2 Å². The molecule has 0 saturated carbocycles. The second kappa shape index (κ2) is 4.66. The van der Waals surface area contributed by atoms with Crippen LogP contribution >= 0.6 is 0 Å². The van der Waals surface area contributed by atoms with Crippen molar-refractivity contribution in [3.63, 3.8) is 0 Å². The highest BCUT2D eigenvalue weighted by Crippen LogP contribution is 1.94. The zero-order valence-corrected chi connectivity index (χ0v) is 6.92. The average Bonchev–Trinajstić information content (AvgIpc) is 2.06. The fourth-order valence-electron chi connectivity index (χ4n) is 1.19. The number of piperazine rings is 1. The maximum atomic E-state index is 9.13. The minimum atomic E-state index is -0.631. The molecule has 1 aliphatic heterocycles. The Morgan fingerprint density at radius 2 is 2.18 bits per heavy atom.